The standard InChI is InChI=1S/C26H24ClN7O/c1-33-15-29-25-16(4-3-5-22(25)33)24-18(27)12-19(20(13-28)32-24)30-23-7-6-17-21(31-23)14-34(2)26(17)8-10-35-11-9-26/h3-7,12,15H,8-11,14H2,1-2H3,(H,30,31). The van der Waals surface area contributed by atoms with E-state index < -0.39 is 0 Å². The predicted molar refractivity (Wildman–Crippen MR) is 134 cm³/mol. The maximum Gasteiger partial charge on any atom is 0.164 e. The fourth-order valence-electron chi connectivity index (χ4n) is 5.40. The molecule has 4 aromatic rings. The Bertz CT molecular complexity index is 1500. The molecule has 0 saturated carbocycles. The van der Waals surface area contributed by atoms with Gasteiger partial charge in [-0.25, -0.2) is 15.0 Å². The molecule has 0 amide bonds. The zero-order valence-corrected chi connectivity index (χ0v) is 20.3. The van der Waals surface area contributed by atoms with Gasteiger partial charge in [0, 0.05) is 32.4 Å². The van der Waals surface area contributed by atoms with Crippen LogP contribution in [0.2, 0.25) is 5.02 Å². The first-order valence-electron chi connectivity index (χ1n) is 11.6. The fourth-order valence-corrected chi connectivity index (χ4v) is 5.66. The number of nitrogens with zero attached hydrogens (tertiary/aromatic N) is 6. The second kappa shape index (κ2) is 8.31. The van der Waals surface area contributed by atoms with Crippen LogP contribution in [0.3, 0.4) is 0 Å². The number of hydrogen-bond donors (Lipinski definition) is 1. The molecular formula is C26H24ClN7O. The second-order valence-corrected chi connectivity index (χ2v) is 9.58. The van der Waals surface area contributed by atoms with Crippen molar-refractivity contribution in [2.75, 3.05) is 25.6 Å². The summed E-state index contributed by atoms with van der Waals surface area (Å²) in [6, 6.07) is 13.9. The number of imidazole rings is 1. The Balaban J connectivity index is 1.35. The minimum atomic E-state index is -0.00403. The summed E-state index contributed by atoms with van der Waals surface area (Å²) in [5.74, 6) is 0.662. The third-order valence-electron chi connectivity index (χ3n) is 7.27. The molecule has 1 saturated heterocycles. The van der Waals surface area contributed by atoms with Crippen LogP contribution in [0.5, 0.6) is 0 Å². The van der Waals surface area contributed by atoms with E-state index in [1.54, 1.807) is 12.4 Å². The highest BCUT2D eigenvalue weighted by Gasteiger charge is 2.44. The Labute approximate surface area is 208 Å². The molecule has 0 radical (unpaired) electrons. The molecule has 3 aromatic heterocycles. The monoisotopic (exact) mass is 485 g/mol. The van der Waals surface area contributed by atoms with Gasteiger partial charge in [-0.2, -0.15) is 5.26 Å². The van der Waals surface area contributed by atoms with E-state index in [0.29, 0.717) is 22.2 Å². The van der Waals surface area contributed by atoms with Crippen LogP contribution in [0.15, 0.2) is 42.7 Å². The van der Waals surface area contributed by atoms with Crippen LogP contribution >= 0.6 is 11.6 Å². The third-order valence-corrected chi connectivity index (χ3v) is 7.56. The molecule has 176 valence electrons. The summed E-state index contributed by atoms with van der Waals surface area (Å²) in [6.45, 7) is 2.30. The number of nitrogens with one attached hydrogen (secondary N) is 1. The van der Waals surface area contributed by atoms with Gasteiger partial charge in [0.05, 0.1) is 45.0 Å². The maximum absolute atomic E-state index is 9.88. The Morgan fingerprint density at radius 2 is 1.97 bits per heavy atom. The van der Waals surface area contributed by atoms with Crippen molar-refractivity contribution in [2.45, 2.75) is 24.9 Å². The molecule has 2 aliphatic rings. The lowest BCUT2D eigenvalue weighted by molar-refractivity contribution is -0.0132. The van der Waals surface area contributed by atoms with E-state index in [9.17, 15) is 5.26 Å². The molecule has 9 heteroatoms. The Hall–Kier alpha value is -3.51. The average molecular weight is 486 g/mol. The highest BCUT2D eigenvalue weighted by atomic mass is 35.5. The summed E-state index contributed by atoms with van der Waals surface area (Å²) in [7, 11) is 4.09. The van der Waals surface area contributed by atoms with Crippen LogP contribution in [0.1, 0.15) is 29.8 Å². The number of para-hydroxylation sites is 1. The normalized spacial score (nSPS) is 17.0. The van der Waals surface area contributed by atoms with Gasteiger partial charge >= 0.3 is 0 Å². The van der Waals surface area contributed by atoms with Crippen molar-refractivity contribution in [3.63, 3.8) is 0 Å². The number of ether oxygens (including phenoxy) is 1. The number of aryl methyl sites for hydroxylation is 1. The molecule has 5 heterocycles. The maximum atomic E-state index is 9.88. The summed E-state index contributed by atoms with van der Waals surface area (Å²) in [5.41, 5.74) is 6.16. The third kappa shape index (κ3) is 3.47. The number of hydrogen-bond acceptors (Lipinski definition) is 7. The molecule has 8 nitrogen and oxygen atoms in total. The van der Waals surface area contributed by atoms with Crippen molar-refractivity contribution >= 4 is 34.1 Å². The van der Waals surface area contributed by atoms with Crippen molar-refractivity contribution in [1.29, 1.82) is 5.26 Å². The van der Waals surface area contributed by atoms with E-state index in [1.165, 1.54) is 5.56 Å². The van der Waals surface area contributed by atoms with E-state index in [-0.39, 0.29) is 11.2 Å². The zero-order chi connectivity index (χ0) is 24.2. The lowest BCUT2D eigenvalue weighted by atomic mass is 9.84. The van der Waals surface area contributed by atoms with E-state index in [2.05, 4.69) is 39.4 Å². The number of rotatable bonds is 3. The van der Waals surface area contributed by atoms with Crippen molar-refractivity contribution < 1.29 is 4.74 Å². The minimum Gasteiger partial charge on any atom is -0.381 e. The second-order valence-electron chi connectivity index (χ2n) is 9.17. The predicted octanol–water partition coefficient (Wildman–Crippen LogP) is 4.75. The summed E-state index contributed by atoms with van der Waals surface area (Å²) in [5, 5.41) is 13.6. The zero-order valence-electron chi connectivity index (χ0n) is 19.5. The summed E-state index contributed by atoms with van der Waals surface area (Å²) in [4.78, 5) is 16.4. The number of anilines is 2. The van der Waals surface area contributed by atoms with E-state index in [0.717, 1.165) is 54.9 Å². The molecule has 35 heavy (non-hydrogen) atoms. The first kappa shape index (κ1) is 22.0. The summed E-state index contributed by atoms with van der Waals surface area (Å²) >= 11 is 6.69. The number of nitriles is 1. The van der Waals surface area contributed by atoms with Gasteiger partial charge in [0.15, 0.2) is 5.69 Å². The van der Waals surface area contributed by atoms with E-state index in [4.69, 9.17) is 21.3 Å². The molecule has 1 spiro atoms. The molecule has 0 unspecified atom stereocenters. The van der Waals surface area contributed by atoms with Crippen LogP contribution in [-0.2, 0) is 23.9 Å². The largest absolute Gasteiger partial charge is 0.381 e. The van der Waals surface area contributed by atoms with Crippen LogP contribution in [0.25, 0.3) is 22.3 Å². The van der Waals surface area contributed by atoms with Gasteiger partial charge in [-0.3, -0.25) is 4.90 Å². The molecule has 1 aromatic carbocycles. The molecule has 0 atom stereocenters. The SMILES string of the molecule is CN1Cc2nc(Nc3cc(Cl)c(-c4cccc5c4ncn5C)nc3C#N)ccc2C12CCOCC2. The number of pyridine rings is 2. The van der Waals surface area contributed by atoms with Gasteiger partial charge in [-0.05, 0) is 43.7 Å². The first-order valence-corrected chi connectivity index (χ1v) is 12.0. The van der Waals surface area contributed by atoms with Crippen molar-refractivity contribution in [3.8, 4) is 17.3 Å². The van der Waals surface area contributed by atoms with Gasteiger partial charge in [0.2, 0.25) is 0 Å². The smallest absolute Gasteiger partial charge is 0.164 e. The number of fused-ring (bicyclic) bond motifs is 3. The first-order chi connectivity index (χ1) is 17.0. The Kier molecular flexibility index (Phi) is 5.22. The molecule has 0 bridgehead atoms. The lowest BCUT2D eigenvalue weighted by Gasteiger charge is -2.40. The molecule has 2 aliphatic heterocycles. The van der Waals surface area contributed by atoms with Crippen molar-refractivity contribution in [3.05, 3.63) is 64.7 Å². The van der Waals surface area contributed by atoms with Gasteiger partial charge < -0.3 is 14.6 Å². The molecule has 1 fully saturated rings. The molecule has 1 N–H and O–H groups in total. The van der Waals surface area contributed by atoms with Crippen molar-refractivity contribution in [2.24, 2.45) is 7.05 Å². The van der Waals surface area contributed by atoms with E-state index in [1.807, 2.05) is 35.9 Å². The average Bonchev–Trinajstić information content (AvgIpc) is 3.37. The Morgan fingerprint density at radius 1 is 1.14 bits per heavy atom. The van der Waals surface area contributed by atoms with Gasteiger partial charge in [0.1, 0.15) is 11.9 Å². The Morgan fingerprint density at radius 3 is 2.77 bits per heavy atom. The topological polar surface area (TPSA) is 91.9 Å². The number of aromatic nitrogens is 4. The van der Waals surface area contributed by atoms with Gasteiger partial charge in [-0.1, -0.05) is 29.8 Å². The molecule has 0 aliphatic carbocycles. The highest BCUT2D eigenvalue weighted by Crippen LogP contribution is 2.45. The fraction of sp³-hybridized carbons (Fsp3) is 0.308. The van der Waals surface area contributed by atoms with Crippen LogP contribution in [-0.4, -0.2) is 44.7 Å². The quantitative estimate of drug-likeness (QED) is 0.447. The summed E-state index contributed by atoms with van der Waals surface area (Å²) in [6.07, 6.45) is 3.69. The van der Waals surface area contributed by atoms with E-state index >= 15 is 0 Å². The highest BCUT2D eigenvalue weighted by molar-refractivity contribution is 6.33. The summed E-state index contributed by atoms with van der Waals surface area (Å²) < 4.78 is 7.55. The van der Waals surface area contributed by atoms with Gasteiger partial charge in [-0.15, -0.1) is 0 Å². The molecule has 6 rings (SSSR count). The van der Waals surface area contributed by atoms with Crippen LogP contribution in [0.4, 0.5) is 11.5 Å². The molecular weight excluding hydrogens is 462 g/mol. The van der Waals surface area contributed by atoms with Crippen molar-refractivity contribution in [1.82, 2.24) is 24.4 Å². The van der Waals surface area contributed by atoms with Crippen LogP contribution in [0, 0.1) is 11.3 Å². The number of benzene rings is 1. The lowest BCUT2D eigenvalue weighted by Crippen LogP contribution is -2.43. The number of halogens is 1. The van der Waals surface area contributed by atoms with Crippen LogP contribution < -0.4 is 5.32 Å². The minimum absolute atomic E-state index is 0.00403. The van der Waals surface area contributed by atoms with Gasteiger partial charge in [0.25, 0.3) is 0 Å².